The van der Waals surface area contributed by atoms with Crippen molar-refractivity contribution in [1.82, 2.24) is 15.0 Å². The number of aromatic nitrogens is 3. The van der Waals surface area contributed by atoms with Crippen LogP contribution in [0.3, 0.4) is 0 Å². The zero-order valence-corrected chi connectivity index (χ0v) is 17.6. The van der Waals surface area contributed by atoms with Gasteiger partial charge in [-0.1, -0.05) is 37.3 Å². The molecule has 0 spiro atoms. The Hall–Kier alpha value is -3.43. The van der Waals surface area contributed by atoms with Gasteiger partial charge in [0.2, 0.25) is 0 Å². The van der Waals surface area contributed by atoms with E-state index < -0.39 is 24.3 Å². The monoisotopic (exact) mass is 437 g/mol. The van der Waals surface area contributed by atoms with E-state index in [1.54, 1.807) is 19.9 Å². The lowest BCUT2D eigenvalue weighted by Gasteiger charge is -2.39. The Kier molecular flexibility index (Phi) is 6.11. The first-order valence-electron chi connectivity index (χ1n) is 10.3. The molecule has 1 fully saturated rings. The molecule has 0 bridgehead atoms. The molecule has 3 aromatic rings. The van der Waals surface area contributed by atoms with Gasteiger partial charge in [0.15, 0.2) is 17.7 Å². The summed E-state index contributed by atoms with van der Waals surface area (Å²) in [6.07, 6.45) is 0.0693. The molecular formula is C23H24FN5O3. The van der Waals surface area contributed by atoms with E-state index >= 15 is 0 Å². The van der Waals surface area contributed by atoms with Gasteiger partial charge in [-0.3, -0.25) is 9.78 Å². The molecule has 8 nitrogen and oxygen atoms in total. The molecular weight excluding hydrogens is 413 g/mol. The molecule has 0 radical (unpaired) electrons. The molecule has 1 amide bonds. The number of hydrogen-bond acceptors (Lipinski definition) is 7. The van der Waals surface area contributed by atoms with Crippen molar-refractivity contribution in [3.05, 3.63) is 66.2 Å². The van der Waals surface area contributed by atoms with Crippen molar-refractivity contribution in [2.75, 3.05) is 11.1 Å². The Balaban J connectivity index is 1.63. The minimum absolute atomic E-state index is 0.0391. The first-order chi connectivity index (χ1) is 15.4. The van der Waals surface area contributed by atoms with E-state index in [0.29, 0.717) is 11.3 Å². The van der Waals surface area contributed by atoms with Crippen LogP contribution in [0.2, 0.25) is 0 Å². The van der Waals surface area contributed by atoms with E-state index in [1.807, 2.05) is 30.3 Å². The average Bonchev–Trinajstić information content (AvgIpc) is 2.81. The number of anilines is 2. The Morgan fingerprint density at radius 3 is 2.69 bits per heavy atom. The summed E-state index contributed by atoms with van der Waals surface area (Å²) in [5.41, 5.74) is 7.72. The van der Waals surface area contributed by atoms with Crippen molar-refractivity contribution >= 4 is 17.4 Å². The van der Waals surface area contributed by atoms with Crippen LogP contribution >= 0.6 is 0 Å². The normalized spacial score (nSPS) is 25.3. The highest BCUT2D eigenvalue weighted by molar-refractivity contribution is 6.06. The third-order valence-electron chi connectivity index (χ3n) is 5.75. The number of carbonyl (C=O) groups excluding carboxylic acids is 1. The maximum Gasteiger partial charge on any atom is 0.278 e. The van der Waals surface area contributed by atoms with E-state index in [0.717, 1.165) is 5.56 Å². The van der Waals surface area contributed by atoms with Crippen molar-refractivity contribution in [3.8, 4) is 11.3 Å². The van der Waals surface area contributed by atoms with E-state index in [9.17, 15) is 14.3 Å². The molecule has 2 aromatic heterocycles. The molecule has 1 aliphatic rings. The highest BCUT2D eigenvalue weighted by Gasteiger charge is 2.43. The molecule has 1 saturated heterocycles. The number of alkyl halides is 1. The van der Waals surface area contributed by atoms with E-state index in [2.05, 4.69) is 20.3 Å². The molecule has 0 aliphatic carbocycles. The number of nitrogens with zero attached hydrogens (tertiary/aromatic N) is 3. The number of benzene rings is 1. The van der Waals surface area contributed by atoms with Crippen LogP contribution in [0.15, 0.2) is 55.0 Å². The quantitative estimate of drug-likeness (QED) is 0.573. The van der Waals surface area contributed by atoms with Crippen LogP contribution < -0.4 is 11.1 Å². The zero-order valence-electron chi connectivity index (χ0n) is 17.6. The number of carbonyl (C=O) groups is 1. The highest BCUT2D eigenvalue weighted by atomic mass is 19.1. The Morgan fingerprint density at radius 2 is 1.94 bits per heavy atom. The second-order valence-corrected chi connectivity index (χ2v) is 7.83. The number of hydrogen-bond donors (Lipinski definition) is 3. The summed E-state index contributed by atoms with van der Waals surface area (Å²) in [6, 6.07) is 10.8. The van der Waals surface area contributed by atoms with Crippen LogP contribution in [0.4, 0.5) is 15.9 Å². The minimum Gasteiger partial charge on any atom is -0.390 e. The number of rotatable bonds is 4. The molecule has 3 heterocycles. The molecule has 0 saturated carbocycles. The molecule has 1 aliphatic heterocycles. The summed E-state index contributed by atoms with van der Waals surface area (Å²) in [5, 5.41) is 13.0. The predicted octanol–water partition coefficient (Wildman–Crippen LogP) is 3.17. The smallest absolute Gasteiger partial charge is 0.278 e. The summed E-state index contributed by atoms with van der Waals surface area (Å²) in [7, 11) is 0. The molecule has 4 N–H and O–H groups in total. The number of aliphatic hydroxyl groups is 1. The van der Waals surface area contributed by atoms with E-state index in [1.165, 1.54) is 18.6 Å². The zero-order chi connectivity index (χ0) is 22.8. The van der Waals surface area contributed by atoms with Gasteiger partial charge in [0.25, 0.3) is 5.91 Å². The molecule has 5 atom stereocenters. The molecule has 32 heavy (non-hydrogen) atoms. The number of halogens is 1. The fourth-order valence-corrected chi connectivity index (χ4v) is 3.67. The Morgan fingerprint density at radius 1 is 1.19 bits per heavy atom. The summed E-state index contributed by atoms with van der Waals surface area (Å²) >= 11 is 0. The van der Waals surface area contributed by atoms with Crippen LogP contribution in [-0.4, -0.2) is 44.3 Å². The van der Waals surface area contributed by atoms with Crippen molar-refractivity contribution in [3.63, 3.8) is 0 Å². The van der Waals surface area contributed by atoms with Crippen molar-refractivity contribution in [2.24, 2.45) is 5.92 Å². The predicted molar refractivity (Wildman–Crippen MR) is 117 cm³/mol. The van der Waals surface area contributed by atoms with Crippen LogP contribution in [0.1, 0.15) is 36.0 Å². The number of ether oxygens (including phenoxy) is 1. The molecule has 9 heteroatoms. The standard InChI is InChI=1S/C23H24FN5O3/c1-12-13(2)32-21(18(24)20(12)30)15-8-9-26-10-17(15)29-23(31)19-22(25)27-11-16(28-19)14-6-4-3-5-7-14/h3-13,18,20-21,30H,1-2H3,(H2,25,27)(H,29,31)/t12-,13+,18+,20?,21-/m0/s1. The fourth-order valence-electron chi connectivity index (χ4n) is 3.67. The molecule has 4 rings (SSSR count). The number of nitrogens with two attached hydrogens (primary N) is 1. The second-order valence-electron chi connectivity index (χ2n) is 7.83. The van der Waals surface area contributed by atoms with Gasteiger partial charge in [-0.2, -0.15) is 0 Å². The molecule has 1 aromatic carbocycles. The highest BCUT2D eigenvalue weighted by Crippen LogP contribution is 2.39. The summed E-state index contributed by atoms with van der Waals surface area (Å²) in [6.45, 7) is 3.51. The Bertz CT molecular complexity index is 1110. The fraction of sp³-hybridized carbons (Fsp3) is 0.304. The Labute approximate surface area is 184 Å². The van der Waals surface area contributed by atoms with Gasteiger partial charge in [0.05, 0.1) is 36.0 Å². The van der Waals surface area contributed by atoms with Crippen LogP contribution in [0.25, 0.3) is 11.3 Å². The van der Waals surface area contributed by atoms with Crippen molar-refractivity contribution in [1.29, 1.82) is 0 Å². The van der Waals surface area contributed by atoms with Gasteiger partial charge in [-0.15, -0.1) is 0 Å². The third kappa shape index (κ3) is 4.17. The molecule has 1 unspecified atom stereocenters. The topological polar surface area (TPSA) is 123 Å². The van der Waals surface area contributed by atoms with Crippen molar-refractivity contribution < 1.29 is 19.0 Å². The third-order valence-corrected chi connectivity index (χ3v) is 5.75. The summed E-state index contributed by atoms with van der Waals surface area (Å²) < 4.78 is 20.8. The lowest BCUT2D eigenvalue weighted by molar-refractivity contribution is -0.170. The maximum absolute atomic E-state index is 14.9. The number of nitrogen functional groups attached to an aromatic ring is 1. The van der Waals surface area contributed by atoms with Gasteiger partial charge < -0.3 is 20.9 Å². The number of aliphatic hydroxyl groups excluding tert-OH is 1. The van der Waals surface area contributed by atoms with Gasteiger partial charge in [-0.05, 0) is 13.0 Å². The number of pyridine rings is 1. The number of nitrogens with one attached hydrogen (secondary N) is 1. The number of amides is 1. The van der Waals surface area contributed by atoms with Crippen LogP contribution in [0.5, 0.6) is 0 Å². The first-order valence-corrected chi connectivity index (χ1v) is 10.3. The summed E-state index contributed by atoms with van der Waals surface area (Å²) in [5.74, 6) is -1.02. The van der Waals surface area contributed by atoms with Crippen LogP contribution in [0, 0.1) is 5.92 Å². The molecule has 166 valence electrons. The lowest BCUT2D eigenvalue weighted by Crippen LogP contribution is -2.46. The lowest BCUT2D eigenvalue weighted by atomic mass is 9.87. The van der Waals surface area contributed by atoms with Gasteiger partial charge >= 0.3 is 0 Å². The maximum atomic E-state index is 14.9. The van der Waals surface area contributed by atoms with E-state index in [4.69, 9.17) is 10.5 Å². The SMILES string of the molecule is C[C@@H]1C(O)[C@@H](F)[C@H](c2ccncc2NC(=O)c2nc(-c3ccccc3)cnc2N)O[C@@H]1C. The van der Waals surface area contributed by atoms with E-state index in [-0.39, 0.29) is 29.2 Å². The average molecular weight is 437 g/mol. The van der Waals surface area contributed by atoms with Gasteiger partial charge in [0.1, 0.15) is 6.10 Å². The van der Waals surface area contributed by atoms with Gasteiger partial charge in [0, 0.05) is 23.2 Å². The van der Waals surface area contributed by atoms with Crippen molar-refractivity contribution in [2.45, 2.75) is 38.3 Å². The second kappa shape index (κ2) is 8.97. The minimum atomic E-state index is -1.66. The van der Waals surface area contributed by atoms with Gasteiger partial charge in [-0.25, -0.2) is 14.4 Å². The van der Waals surface area contributed by atoms with Crippen LogP contribution in [-0.2, 0) is 4.74 Å². The first kappa shape index (κ1) is 21.8. The summed E-state index contributed by atoms with van der Waals surface area (Å²) in [4.78, 5) is 25.5. The largest absolute Gasteiger partial charge is 0.390 e.